The first-order valence-corrected chi connectivity index (χ1v) is 6.85. The van der Waals surface area contributed by atoms with Crippen LogP contribution in [0.2, 0.25) is 0 Å². The second kappa shape index (κ2) is 5.67. The van der Waals surface area contributed by atoms with Gasteiger partial charge in [0.05, 0.1) is 12.7 Å². The molecule has 0 aromatic heterocycles. The van der Waals surface area contributed by atoms with E-state index in [2.05, 4.69) is 31.9 Å². The molecule has 2 aromatic rings. The van der Waals surface area contributed by atoms with Gasteiger partial charge < -0.3 is 4.74 Å². The number of ether oxygens (including phenoxy) is 1. The first-order chi connectivity index (χ1) is 8.65. The largest absolute Gasteiger partial charge is 0.465 e. The predicted octanol–water partition coefficient (Wildman–Crippen LogP) is 4.67. The number of halogens is 2. The molecular formula is C14H10Br2O2. The minimum absolute atomic E-state index is 0.345. The lowest BCUT2D eigenvalue weighted by atomic mass is 10.00. The summed E-state index contributed by atoms with van der Waals surface area (Å²) < 4.78 is 6.61. The van der Waals surface area contributed by atoms with Crippen LogP contribution in [-0.4, -0.2) is 13.1 Å². The molecule has 0 aliphatic rings. The molecule has 2 rings (SSSR count). The van der Waals surface area contributed by atoms with E-state index in [4.69, 9.17) is 4.74 Å². The van der Waals surface area contributed by atoms with E-state index in [9.17, 15) is 4.79 Å². The van der Waals surface area contributed by atoms with Crippen LogP contribution in [0.4, 0.5) is 0 Å². The summed E-state index contributed by atoms with van der Waals surface area (Å²) in [5.41, 5.74) is 2.32. The van der Waals surface area contributed by atoms with E-state index >= 15 is 0 Å². The molecule has 2 aromatic carbocycles. The number of methoxy groups -OCH3 is 1. The van der Waals surface area contributed by atoms with Crippen molar-refractivity contribution in [1.82, 2.24) is 0 Å². The van der Waals surface area contributed by atoms with Gasteiger partial charge >= 0.3 is 5.97 Å². The van der Waals surface area contributed by atoms with E-state index in [-0.39, 0.29) is 5.97 Å². The maximum atomic E-state index is 11.8. The molecule has 92 valence electrons. The Labute approximate surface area is 122 Å². The van der Waals surface area contributed by atoms with Gasteiger partial charge in [-0.1, -0.05) is 56.1 Å². The third-order valence-electron chi connectivity index (χ3n) is 2.56. The van der Waals surface area contributed by atoms with Gasteiger partial charge in [-0.15, -0.1) is 0 Å². The van der Waals surface area contributed by atoms with E-state index in [1.807, 2.05) is 36.4 Å². The van der Waals surface area contributed by atoms with Gasteiger partial charge in [0.2, 0.25) is 0 Å². The highest BCUT2D eigenvalue weighted by Crippen LogP contribution is 2.36. The SMILES string of the molecule is COC(=O)c1cccc(Br)c1-c1ccccc1Br. The van der Waals surface area contributed by atoms with Gasteiger partial charge in [0.1, 0.15) is 0 Å². The van der Waals surface area contributed by atoms with Gasteiger partial charge in [-0.3, -0.25) is 0 Å². The van der Waals surface area contributed by atoms with Gasteiger partial charge in [0.15, 0.2) is 0 Å². The molecule has 0 amide bonds. The summed E-state index contributed by atoms with van der Waals surface area (Å²) in [6, 6.07) is 13.2. The van der Waals surface area contributed by atoms with Crippen LogP contribution in [0.3, 0.4) is 0 Å². The molecule has 0 bridgehead atoms. The van der Waals surface area contributed by atoms with Gasteiger partial charge in [-0.25, -0.2) is 4.79 Å². The minimum atomic E-state index is -0.345. The molecule has 4 heteroatoms. The normalized spacial score (nSPS) is 10.2. The van der Waals surface area contributed by atoms with Crippen molar-refractivity contribution in [3.63, 3.8) is 0 Å². The second-order valence-corrected chi connectivity index (χ2v) is 5.34. The molecule has 2 nitrogen and oxygen atoms in total. The van der Waals surface area contributed by atoms with Crippen molar-refractivity contribution in [3.05, 3.63) is 57.0 Å². The van der Waals surface area contributed by atoms with Crippen molar-refractivity contribution in [3.8, 4) is 11.1 Å². The molecule has 0 aliphatic heterocycles. The zero-order valence-corrected chi connectivity index (χ0v) is 12.8. The van der Waals surface area contributed by atoms with Crippen molar-refractivity contribution < 1.29 is 9.53 Å². The van der Waals surface area contributed by atoms with Crippen LogP contribution in [0.25, 0.3) is 11.1 Å². The van der Waals surface area contributed by atoms with E-state index in [1.165, 1.54) is 7.11 Å². The number of benzene rings is 2. The van der Waals surface area contributed by atoms with Crippen molar-refractivity contribution in [2.45, 2.75) is 0 Å². The Kier molecular flexibility index (Phi) is 4.19. The Balaban J connectivity index is 2.70. The minimum Gasteiger partial charge on any atom is -0.465 e. The second-order valence-electron chi connectivity index (χ2n) is 3.63. The van der Waals surface area contributed by atoms with Crippen LogP contribution in [0, 0.1) is 0 Å². The number of rotatable bonds is 2. The first-order valence-electron chi connectivity index (χ1n) is 5.27. The molecule has 0 aliphatic carbocycles. The zero-order chi connectivity index (χ0) is 13.1. The summed E-state index contributed by atoms with van der Waals surface area (Å²) in [4.78, 5) is 11.8. The van der Waals surface area contributed by atoms with Crippen molar-refractivity contribution in [1.29, 1.82) is 0 Å². The number of hydrogen-bond donors (Lipinski definition) is 0. The smallest absolute Gasteiger partial charge is 0.338 e. The lowest BCUT2D eigenvalue weighted by Gasteiger charge is -2.11. The standard InChI is InChI=1S/C14H10Br2O2/c1-18-14(17)10-6-4-8-12(16)13(10)9-5-2-3-7-11(9)15/h2-8H,1H3. The fourth-order valence-electron chi connectivity index (χ4n) is 1.74. The van der Waals surface area contributed by atoms with Crippen LogP contribution in [0.5, 0.6) is 0 Å². The average molecular weight is 370 g/mol. The fourth-order valence-corrected chi connectivity index (χ4v) is 2.80. The van der Waals surface area contributed by atoms with Gasteiger partial charge in [-0.2, -0.15) is 0 Å². The van der Waals surface area contributed by atoms with Crippen molar-refractivity contribution >= 4 is 37.8 Å². The Bertz CT molecular complexity index is 594. The Hall–Kier alpha value is -1.13. The summed E-state index contributed by atoms with van der Waals surface area (Å²) in [6.07, 6.45) is 0. The average Bonchev–Trinajstić information content (AvgIpc) is 2.39. The molecule has 0 saturated heterocycles. The molecule has 0 radical (unpaired) electrons. The maximum absolute atomic E-state index is 11.8. The number of carbonyl (C=O) groups is 1. The van der Waals surface area contributed by atoms with Gasteiger partial charge in [-0.05, 0) is 23.8 Å². The summed E-state index contributed by atoms with van der Waals surface area (Å²) >= 11 is 6.99. The monoisotopic (exact) mass is 368 g/mol. The molecule has 18 heavy (non-hydrogen) atoms. The Morgan fingerprint density at radius 3 is 2.33 bits per heavy atom. The predicted molar refractivity (Wildman–Crippen MR) is 78.6 cm³/mol. The third-order valence-corrected chi connectivity index (χ3v) is 3.91. The summed E-state index contributed by atoms with van der Waals surface area (Å²) in [5.74, 6) is -0.345. The van der Waals surface area contributed by atoms with Gasteiger partial charge in [0, 0.05) is 14.5 Å². The number of carbonyl (C=O) groups excluding carboxylic acids is 1. The third kappa shape index (κ3) is 2.49. The first kappa shape index (κ1) is 13.3. The van der Waals surface area contributed by atoms with E-state index < -0.39 is 0 Å². The summed E-state index contributed by atoms with van der Waals surface area (Å²) in [6.45, 7) is 0. The van der Waals surface area contributed by atoms with Crippen molar-refractivity contribution in [2.75, 3.05) is 7.11 Å². The van der Waals surface area contributed by atoms with Crippen LogP contribution in [0.15, 0.2) is 51.4 Å². The van der Waals surface area contributed by atoms with E-state index in [0.29, 0.717) is 5.56 Å². The highest BCUT2D eigenvalue weighted by molar-refractivity contribution is 9.11. The number of esters is 1. The zero-order valence-electron chi connectivity index (χ0n) is 9.61. The Morgan fingerprint density at radius 2 is 1.67 bits per heavy atom. The Morgan fingerprint density at radius 1 is 1.00 bits per heavy atom. The molecule has 0 heterocycles. The lowest BCUT2D eigenvalue weighted by Crippen LogP contribution is -2.04. The molecule has 0 atom stereocenters. The topological polar surface area (TPSA) is 26.3 Å². The molecule has 0 saturated carbocycles. The van der Waals surface area contributed by atoms with Crippen LogP contribution in [0.1, 0.15) is 10.4 Å². The summed E-state index contributed by atoms with van der Waals surface area (Å²) in [7, 11) is 1.38. The molecule has 0 fully saturated rings. The van der Waals surface area contributed by atoms with Crippen LogP contribution >= 0.6 is 31.9 Å². The highest BCUT2D eigenvalue weighted by Gasteiger charge is 2.17. The lowest BCUT2D eigenvalue weighted by molar-refractivity contribution is 0.0601. The molecular weight excluding hydrogens is 360 g/mol. The van der Waals surface area contributed by atoms with E-state index in [0.717, 1.165) is 20.1 Å². The molecule has 0 spiro atoms. The van der Waals surface area contributed by atoms with Crippen molar-refractivity contribution in [2.24, 2.45) is 0 Å². The quantitative estimate of drug-likeness (QED) is 0.719. The molecule has 0 unspecified atom stereocenters. The van der Waals surface area contributed by atoms with Crippen LogP contribution < -0.4 is 0 Å². The number of hydrogen-bond acceptors (Lipinski definition) is 2. The summed E-state index contributed by atoms with van der Waals surface area (Å²) in [5, 5.41) is 0. The maximum Gasteiger partial charge on any atom is 0.338 e. The van der Waals surface area contributed by atoms with Crippen LogP contribution in [-0.2, 0) is 4.74 Å². The molecule has 0 N–H and O–H groups in total. The highest BCUT2D eigenvalue weighted by atomic mass is 79.9. The van der Waals surface area contributed by atoms with Gasteiger partial charge in [0.25, 0.3) is 0 Å². The van der Waals surface area contributed by atoms with E-state index in [1.54, 1.807) is 6.07 Å². The fraction of sp³-hybridized carbons (Fsp3) is 0.0714.